The number of nitrogens with zero attached hydrogens (tertiary/aromatic N) is 1. The smallest absolute Gasteiger partial charge is 0.247 e. The molecule has 9 nitrogen and oxygen atoms in total. The Morgan fingerprint density at radius 2 is 1.85 bits per heavy atom. The first-order valence-corrected chi connectivity index (χ1v) is 14.6. The van der Waals surface area contributed by atoms with E-state index in [0.717, 1.165) is 30.4 Å². The second-order valence-electron chi connectivity index (χ2n) is 10.4. The van der Waals surface area contributed by atoms with Crippen LogP contribution >= 0.6 is 22.6 Å². The van der Waals surface area contributed by atoms with E-state index in [1.165, 1.54) is 7.11 Å². The quantitative estimate of drug-likeness (QED) is 0.272. The molecular formula is C30H37IN2O7. The minimum Gasteiger partial charge on any atom is -0.493 e. The molecule has 0 aliphatic heterocycles. The minimum absolute atomic E-state index is 0.0360. The van der Waals surface area contributed by atoms with E-state index in [1.54, 1.807) is 23.1 Å². The van der Waals surface area contributed by atoms with E-state index in [2.05, 4.69) is 27.9 Å². The molecule has 0 unspecified atom stereocenters. The van der Waals surface area contributed by atoms with Crippen molar-refractivity contribution in [3.63, 3.8) is 0 Å². The van der Waals surface area contributed by atoms with E-state index < -0.39 is 18.2 Å². The molecule has 2 aromatic carbocycles. The van der Waals surface area contributed by atoms with E-state index in [-0.39, 0.29) is 43.9 Å². The van der Waals surface area contributed by atoms with Crippen LogP contribution in [0, 0.1) is 16.4 Å². The van der Waals surface area contributed by atoms with Gasteiger partial charge in [0.25, 0.3) is 0 Å². The number of ether oxygens (including phenoxy) is 2. The fourth-order valence-electron chi connectivity index (χ4n) is 5.03. The summed E-state index contributed by atoms with van der Waals surface area (Å²) in [6, 6.07) is 10.6. The van der Waals surface area contributed by atoms with Crippen LogP contribution in [0.2, 0.25) is 0 Å². The summed E-state index contributed by atoms with van der Waals surface area (Å²) in [6.45, 7) is 1.99. The van der Waals surface area contributed by atoms with Crippen LogP contribution in [0.5, 0.6) is 11.5 Å². The highest BCUT2D eigenvalue weighted by Crippen LogP contribution is 2.38. The number of aliphatic hydroxyl groups excluding tert-OH is 3. The zero-order valence-corrected chi connectivity index (χ0v) is 25.0. The molecule has 0 heterocycles. The molecule has 2 aromatic rings. The van der Waals surface area contributed by atoms with Crippen molar-refractivity contribution in [3.05, 3.63) is 68.3 Å². The van der Waals surface area contributed by atoms with Crippen molar-refractivity contribution in [2.45, 2.75) is 64.0 Å². The first kappa shape index (κ1) is 30.3. The average molecular weight is 665 g/mol. The molecule has 1 saturated carbocycles. The number of aliphatic hydroxyl groups is 3. The number of carbonyl (C=O) groups is 2. The largest absolute Gasteiger partial charge is 0.493 e. The molecule has 0 aromatic heterocycles. The Morgan fingerprint density at radius 3 is 2.45 bits per heavy atom. The monoisotopic (exact) mass is 664 g/mol. The molecule has 4 N–H and O–H groups in total. The number of halogens is 1. The molecule has 2 amide bonds. The van der Waals surface area contributed by atoms with Gasteiger partial charge in [-0.3, -0.25) is 9.59 Å². The molecular weight excluding hydrogens is 627 g/mol. The molecule has 0 saturated heterocycles. The predicted molar refractivity (Wildman–Crippen MR) is 158 cm³/mol. The van der Waals surface area contributed by atoms with Crippen molar-refractivity contribution in [2.75, 3.05) is 20.3 Å². The number of nitrogens with one attached hydrogen (secondary N) is 1. The first-order chi connectivity index (χ1) is 19.2. The molecule has 1 fully saturated rings. The maximum absolute atomic E-state index is 13.8. The zero-order valence-electron chi connectivity index (χ0n) is 22.8. The van der Waals surface area contributed by atoms with E-state index in [1.807, 2.05) is 31.2 Å². The van der Waals surface area contributed by atoms with E-state index in [0.29, 0.717) is 32.8 Å². The Hall–Kier alpha value is -2.67. The molecule has 3 atom stereocenters. The number of hydrogen-bond donors (Lipinski definition) is 4. The summed E-state index contributed by atoms with van der Waals surface area (Å²) in [6.07, 6.45) is 2.22. The van der Waals surface area contributed by atoms with Crippen LogP contribution in [0.25, 0.3) is 0 Å². The van der Waals surface area contributed by atoms with Crippen molar-refractivity contribution in [1.82, 2.24) is 10.2 Å². The third-order valence-corrected chi connectivity index (χ3v) is 8.35. The van der Waals surface area contributed by atoms with Gasteiger partial charge in [-0.2, -0.15) is 0 Å². The first-order valence-electron chi connectivity index (χ1n) is 13.5. The molecule has 10 heteroatoms. The topological polar surface area (TPSA) is 129 Å². The van der Waals surface area contributed by atoms with Crippen LogP contribution in [0.15, 0.2) is 48.0 Å². The maximum Gasteiger partial charge on any atom is 0.247 e. The van der Waals surface area contributed by atoms with Gasteiger partial charge in [0.15, 0.2) is 11.5 Å². The highest BCUT2D eigenvalue weighted by molar-refractivity contribution is 14.1. The Kier molecular flexibility index (Phi) is 10.4. The summed E-state index contributed by atoms with van der Waals surface area (Å²) >= 11 is 2.08. The van der Waals surface area contributed by atoms with Gasteiger partial charge in [-0.15, -0.1) is 0 Å². The van der Waals surface area contributed by atoms with Gasteiger partial charge in [0.1, 0.15) is 12.2 Å². The predicted octanol–water partition coefficient (Wildman–Crippen LogP) is 2.84. The number of carbonyl (C=O) groups excluding carboxylic acids is 2. The van der Waals surface area contributed by atoms with Crippen molar-refractivity contribution < 1.29 is 34.4 Å². The fraction of sp³-hybridized carbons (Fsp3) is 0.467. The maximum atomic E-state index is 13.8. The van der Waals surface area contributed by atoms with Crippen molar-refractivity contribution in [1.29, 1.82) is 0 Å². The van der Waals surface area contributed by atoms with E-state index in [9.17, 15) is 24.9 Å². The summed E-state index contributed by atoms with van der Waals surface area (Å²) in [7, 11) is 1.49. The number of rotatable bonds is 11. The second kappa shape index (κ2) is 13.8. The van der Waals surface area contributed by atoms with Crippen molar-refractivity contribution >= 4 is 34.4 Å². The van der Waals surface area contributed by atoms with Crippen LogP contribution in [0.3, 0.4) is 0 Å². The van der Waals surface area contributed by atoms with E-state index >= 15 is 0 Å². The van der Waals surface area contributed by atoms with Crippen LogP contribution in [-0.4, -0.2) is 70.5 Å². The lowest BCUT2D eigenvalue weighted by atomic mass is 9.82. The third-order valence-electron chi connectivity index (χ3n) is 7.55. The van der Waals surface area contributed by atoms with Gasteiger partial charge < -0.3 is 35.0 Å². The van der Waals surface area contributed by atoms with E-state index in [4.69, 9.17) is 9.47 Å². The summed E-state index contributed by atoms with van der Waals surface area (Å²) in [4.78, 5) is 28.5. The summed E-state index contributed by atoms with van der Waals surface area (Å²) in [5.41, 5.74) is 3.04. The Labute approximate surface area is 248 Å². The lowest BCUT2D eigenvalue weighted by Gasteiger charge is -2.43. The van der Waals surface area contributed by atoms with Gasteiger partial charge in [-0.1, -0.05) is 36.2 Å². The molecule has 2 aliphatic carbocycles. The zero-order chi connectivity index (χ0) is 28.8. The van der Waals surface area contributed by atoms with Gasteiger partial charge >= 0.3 is 0 Å². The Bertz CT molecular complexity index is 1230. The van der Waals surface area contributed by atoms with Crippen molar-refractivity contribution in [2.24, 2.45) is 5.92 Å². The number of methoxy groups -OCH3 is 1. The van der Waals surface area contributed by atoms with Crippen LogP contribution < -0.4 is 14.8 Å². The highest BCUT2D eigenvalue weighted by atomic mass is 127. The third kappa shape index (κ3) is 6.96. The van der Waals surface area contributed by atoms with Gasteiger partial charge in [0, 0.05) is 31.0 Å². The molecule has 2 aliphatic rings. The SMILES string of the molecule is COc1cc(CO)cc(I)c1O[C@H]1C=C(C(=O)NCCO)C[C@@H](N(Cc2ccc(C)cc2)C(=O)C2CCC2)[C@@H]1O. The summed E-state index contributed by atoms with van der Waals surface area (Å²) in [5, 5.41) is 33.3. The van der Waals surface area contributed by atoms with Gasteiger partial charge in [0.2, 0.25) is 11.8 Å². The molecule has 0 bridgehead atoms. The molecule has 0 radical (unpaired) electrons. The average Bonchev–Trinajstić information content (AvgIpc) is 2.92. The van der Waals surface area contributed by atoms with Gasteiger partial charge in [-0.25, -0.2) is 0 Å². The van der Waals surface area contributed by atoms with Crippen LogP contribution in [0.4, 0.5) is 0 Å². The molecule has 0 spiro atoms. The molecule has 4 rings (SSSR count). The summed E-state index contributed by atoms with van der Waals surface area (Å²) in [5.74, 6) is 0.217. The second-order valence-corrected chi connectivity index (χ2v) is 11.5. The number of benzene rings is 2. The standard InChI is InChI=1S/C30H37IN2O7/c1-18-6-8-19(9-7-18)16-33(30(38)21-4-3-5-21)24-14-22(29(37)32-10-11-34)15-25(27(24)36)40-28-23(31)12-20(17-35)13-26(28)39-2/h6-9,12-13,15,21,24-25,27,34-36H,3-5,10-11,14,16-17H2,1-2H3,(H,32,37)/t24-,25+,27+/m1/s1. The Morgan fingerprint density at radius 1 is 1.12 bits per heavy atom. The number of amides is 2. The Balaban J connectivity index is 1.71. The molecule has 216 valence electrons. The van der Waals surface area contributed by atoms with Gasteiger partial charge in [0.05, 0.1) is 29.9 Å². The highest BCUT2D eigenvalue weighted by Gasteiger charge is 2.43. The minimum atomic E-state index is -1.14. The normalized spacial score (nSPS) is 20.8. The summed E-state index contributed by atoms with van der Waals surface area (Å²) < 4.78 is 12.5. The fourth-order valence-corrected chi connectivity index (χ4v) is 5.83. The lowest BCUT2D eigenvalue weighted by molar-refractivity contribution is -0.146. The molecule has 40 heavy (non-hydrogen) atoms. The number of aryl methyl sites for hydroxylation is 1. The van der Waals surface area contributed by atoms with Crippen LogP contribution in [0.1, 0.15) is 42.4 Å². The number of hydrogen-bond acceptors (Lipinski definition) is 7. The van der Waals surface area contributed by atoms with Crippen molar-refractivity contribution in [3.8, 4) is 11.5 Å². The lowest BCUT2D eigenvalue weighted by Crippen LogP contribution is -2.56. The van der Waals surface area contributed by atoms with Crippen LogP contribution in [-0.2, 0) is 22.7 Å². The van der Waals surface area contributed by atoms with Gasteiger partial charge in [-0.05, 0) is 71.7 Å².